The highest BCUT2D eigenvalue weighted by Crippen LogP contribution is 2.18. The molecular weight excluding hydrogens is 276 g/mol. The molecule has 0 aromatic heterocycles. The van der Waals surface area contributed by atoms with Gasteiger partial charge in [0.2, 0.25) is 5.91 Å². The molecule has 1 aromatic rings. The molecule has 2 rings (SSSR count). The number of likely N-dealkylation sites (tertiary alicyclic amines) is 1. The van der Waals surface area contributed by atoms with E-state index < -0.39 is 0 Å². The number of ether oxygens (including phenoxy) is 1. The summed E-state index contributed by atoms with van der Waals surface area (Å²) < 4.78 is 5.67. The normalized spacial score (nSPS) is 18.0. The summed E-state index contributed by atoms with van der Waals surface area (Å²) in [6.45, 7) is 7.75. The Morgan fingerprint density at radius 1 is 1.36 bits per heavy atom. The average Bonchev–Trinajstić information content (AvgIpc) is 2.96. The van der Waals surface area contributed by atoms with Crippen LogP contribution < -0.4 is 10.1 Å². The molecule has 1 amide bonds. The van der Waals surface area contributed by atoms with E-state index in [1.807, 2.05) is 36.2 Å². The number of amides is 1. The number of nitrogens with zero attached hydrogens (tertiary/aromatic N) is 1. The summed E-state index contributed by atoms with van der Waals surface area (Å²) in [4.78, 5) is 14.3. The zero-order chi connectivity index (χ0) is 15.9. The van der Waals surface area contributed by atoms with Gasteiger partial charge in [-0.15, -0.1) is 0 Å². The minimum absolute atomic E-state index is 0.231. The highest BCUT2D eigenvalue weighted by Gasteiger charge is 2.25. The molecule has 1 aromatic carbocycles. The van der Waals surface area contributed by atoms with Crippen molar-refractivity contribution in [1.29, 1.82) is 0 Å². The highest BCUT2D eigenvalue weighted by atomic mass is 16.5. The minimum atomic E-state index is 0.231. The molecule has 1 aliphatic rings. The number of rotatable bonds is 7. The Balaban J connectivity index is 1.82. The Kier molecular flexibility index (Phi) is 6.25. The third-order valence-corrected chi connectivity index (χ3v) is 3.99. The molecule has 1 aliphatic heterocycles. The Bertz CT molecular complexity index is 470. The number of nitrogens with one attached hydrogen (secondary N) is 1. The van der Waals surface area contributed by atoms with Crippen LogP contribution in [0.4, 0.5) is 0 Å². The Hall–Kier alpha value is -1.55. The van der Waals surface area contributed by atoms with Crippen molar-refractivity contribution in [3.8, 4) is 5.75 Å². The van der Waals surface area contributed by atoms with Gasteiger partial charge in [0.05, 0.1) is 13.0 Å². The number of benzene rings is 1. The largest absolute Gasteiger partial charge is 0.493 e. The molecule has 1 fully saturated rings. The third kappa shape index (κ3) is 5.02. The van der Waals surface area contributed by atoms with Crippen LogP contribution in [0.3, 0.4) is 0 Å². The van der Waals surface area contributed by atoms with Crippen molar-refractivity contribution in [3.63, 3.8) is 0 Å². The van der Waals surface area contributed by atoms with Gasteiger partial charge in [-0.25, -0.2) is 0 Å². The average molecular weight is 304 g/mol. The van der Waals surface area contributed by atoms with E-state index in [4.69, 9.17) is 4.74 Å². The van der Waals surface area contributed by atoms with Crippen molar-refractivity contribution in [2.24, 2.45) is 11.8 Å². The molecule has 1 atom stereocenters. The summed E-state index contributed by atoms with van der Waals surface area (Å²) in [5.41, 5.74) is 1.05. The fourth-order valence-corrected chi connectivity index (χ4v) is 2.77. The zero-order valence-corrected chi connectivity index (χ0v) is 14.0. The number of carbonyl (C=O) groups excluding carboxylic acids is 1. The van der Waals surface area contributed by atoms with E-state index in [9.17, 15) is 4.79 Å². The lowest BCUT2D eigenvalue weighted by molar-refractivity contribution is -0.129. The standard InChI is InChI=1S/C18H28N2O2/c1-14(2)13-22-17-6-4-15(5-7-17)10-18(21)20-9-8-16(12-20)11-19-3/h4-7,14,16,19H,8-13H2,1-3H3. The van der Waals surface area contributed by atoms with E-state index in [1.54, 1.807) is 0 Å². The van der Waals surface area contributed by atoms with Gasteiger partial charge in [-0.2, -0.15) is 0 Å². The van der Waals surface area contributed by atoms with Gasteiger partial charge in [0.1, 0.15) is 5.75 Å². The van der Waals surface area contributed by atoms with Crippen LogP contribution in [0.1, 0.15) is 25.8 Å². The van der Waals surface area contributed by atoms with Gasteiger partial charge >= 0.3 is 0 Å². The van der Waals surface area contributed by atoms with E-state index in [-0.39, 0.29) is 5.91 Å². The Labute approximate surface area is 133 Å². The van der Waals surface area contributed by atoms with Crippen LogP contribution >= 0.6 is 0 Å². The first kappa shape index (κ1) is 16.8. The van der Waals surface area contributed by atoms with Gasteiger partial charge in [-0.1, -0.05) is 26.0 Å². The Morgan fingerprint density at radius 2 is 2.09 bits per heavy atom. The first-order valence-electron chi connectivity index (χ1n) is 8.22. The van der Waals surface area contributed by atoms with Gasteiger partial charge in [-0.3, -0.25) is 4.79 Å². The summed E-state index contributed by atoms with van der Waals surface area (Å²) >= 11 is 0. The SMILES string of the molecule is CNCC1CCN(C(=O)Cc2ccc(OCC(C)C)cc2)C1. The van der Waals surface area contributed by atoms with Crippen LogP contribution in [0.25, 0.3) is 0 Å². The molecule has 122 valence electrons. The lowest BCUT2D eigenvalue weighted by Crippen LogP contribution is -2.31. The molecule has 0 bridgehead atoms. The van der Waals surface area contributed by atoms with Crippen molar-refractivity contribution in [2.45, 2.75) is 26.7 Å². The topological polar surface area (TPSA) is 41.6 Å². The molecule has 22 heavy (non-hydrogen) atoms. The van der Waals surface area contributed by atoms with E-state index in [1.165, 1.54) is 0 Å². The summed E-state index contributed by atoms with van der Waals surface area (Å²) in [6, 6.07) is 7.90. The second-order valence-corrected chi connectivity index (χ2v) is 6.58. The van der Waals surface area contributed by atoms with Crippen LogP contribution in [-0.2, 0) is 11.2 Å². The molecule has 0 spiro atoms. The van der Waals surface area contributed by atoms with Crippen LogP contribution in [0.2, 0.25) is 0 Å². The van der Waals surface area contributed by atoms with Gasteiger partial charge in [0, 0.05) is 13.1 Å². The van der Waals surface area contributed by atoms with Crippen LogP contribution in [0, 0.1) is 11.8 Å². The summed E-state index contributed by atoms with van der Waals surface area (Å²) in [5, 5.41) is 3.19. The van der Waals surface area contributed by atoms with Gasteiger partial charge in [0.25, 0.3) is 0 Å². The molecule has 1 saturated heterocycles. The molecule has 1 heterocycles. The molecule has 4 nitrogen and oxygen atoms in total. The minimum Gasteiger partial charge on any atom is -0.493 e. The Morgan fingerprint density at radius 3 is 2.73 bits per heavy atom. The monoisotopic (exact) mass is 304 g/mol. The number of hydrogen-bond donors (Lipinski definition) is 1. The van der Waals surface area contributed by atoms with Crippen molar-refractivity contribution < 1.29 is 9.53 Å². The molecule has 4 heteroatoms. The van der Waals surface area contributed by atoms with Crippen molar-refractivity contribution in [1.82, 2.24) is 10.2 Å². The van der Waals surface area contributed by atoms with Crippen molar-refractivity contribution in [3.05, 3.63) is 29.8 Å². The second kappa shape index (κ2) is 8.18. The van der Waals surface area contributed by atoms with Crippen LogP contribution in [0.15, 0.2) is 24.3 Å². The molecule has 1 N–H and O–H groups in total. The molecule has 0 radical (unpaired) electrons. The van der Waals surface area contributed by atoms with Gasteiger partial charge in [0.15, 0.2) is 0 Å². The van der Waals surface area contributed by atoms with Crippen LogP contribution in [-0.4, -0.2) is 44.1 Å². The maximum absolute atomic E-state index is 12.3. The fraction of sp³-hybridized carbons (Fsp3) is 0.611. The van der Waals surface area contributed by atoms with Gasteiger partial charge < -0.3 is 15.0 Å². The highest BCUT2D eigenvalue weighted by molar-refractivity contribution is 5.79. The predicted molar refractivity (Wildman–Crippen MR) is 89.1 cm³/mol. The molecular formula is C18H28N2O2. The first-order valence-corrected chi connectivity index (χ1v) is 8.22. The molecule has 0 aliphatic carbocycles. The maximum Gasteiger partial charge on any atom is 0.226 e. The van der Waals surface area contributed by atoms with E-state index in [2.05, 4.69) is 19.2 Å². The third-order valence-electron chi connectivity index (χ3n) is 3.99. The summed E-state index contributed by atoms with van der Waals surface area (Å²) in [6.07, 6.45) is 1.59. The maximum atomic E-state index is 12.3. The second-order valence-electron chi connectivity index (χ2n) is 6.58. The van der Waals surface area contributed by atoms with Gasteiger partial charge in [-0.05, 0) is 49.5 Å². The molecule has 1 unspecified atom stereocenters. The quantitative estimate of drug-likeness (QED) is 0.840. The zero-order valence-electron chi connectivity index (χ0n) is 14.0. The summed E-state index contributed by atoms with van der Waals surface area (Å²) in [7, 11) is 1.97. The predicted octanol–water partition coefficient (Wildman–Crippen LogP) is 2.33. The lowest BCUT2D eigenvalue weighted by Gasteiger charge is -2.17. The number of hydrogen-bond acceptors (Lipinski definition) is 3. The first-order chi connectivity index (χ1) is 10.6. The van der Waals surface area contributed by atoms with Crippen LogP contribution in [0.5, 0.6) is 5.75 Å². The fourth-order valence-electron chi connectivity index (χ4n) is 2.77. The lowest BCUT2D eigenvalue weighted by atomic mass is 10.1. The number of carbonyl (C=O) groups is 1. The van der Waals surface area contributed by atoms with E-state index in [0.29, 0.717) is 18.3 Å². The van der Waals surface area contributed by atoms with E-state index in [0.717, 1.165) is 44.0 Å². The van der Waals surface area contributed by atoms with Crippen molar-refractivity contribution >= 4 is 5.91 Å². The molecule has 0 saturated carbocycles. The van der Waals surface area contributed by atoms with Crippen molar-refractivity contribution in [2.75, 3.05) is 33.3 Å². The van der Waals surface area contributed by atoms with E-state index >= 15 is 0 Å². The summed E-state index contributed by atoms with van der Waals surface area (Å²) in [5.74, 6) is 2.22. The smallest absolute Gasteiger partial charge is 0.226 e.